The summed E-state index contributed by atoms with van der Waals surface area (Å²) >= 11 is 3.43. The molecule has 0 aliphatic heterocycles. The van der Waals surface area contributed by atoms with E-state index in [4.69, 9.17) is 4.74 Å². The molecule has 2 aromatic rings. The fourth-order valence-corrected chi connectivity index (χ4v) is 1.78. The summed E-state index contributed by atoms with van der Waals surface area (Å²) in [5.41, 5.74) is 2.13. The van der Waals surface area contributed by atoms with E-state index in [1.165, 1.54) is 0 Å². The number of halogens is 1. The number of ether oxygens (including phenoxy) is 1. The van der Waals surface area contributed by atoms with Gasteiger partial charge in [0.2, 0.25) is 0 Å². The second kappa shape index (κ2) is 5.12. The summed E-state index contributed by atoms with van der Waals surface area (Å²) in [7, 11) is 0. The minimum atomic E-state index is 0.560. The SMILES string of the molecule is Cc1ccc(OCc2cccc(Br)c2)cn1. The van der Waals surface area contributed by atoms with Crippen LogP contribution in [0.15, 0.2) is 47.1 Å². The van der Waals surface area contributed by atoms with Gasteiger partial charge in [-0.15, -0.1) is 0 Å². The first kappa shape index (κ1) is 11.1. The lowest BCUT2D eigenvalue weighted by Gasteiger charge is -2.06. The molecule has 0 aliphatic carbocycles. The zero-order chi connectivity index (χ0) is 11.4. The molecule has 2 rings (SSSR count). The van der Waals surface area contributed by atoms with Crippen molar-refractivity contribution in [1.29, 1.82) is 0 Å². The Morgan fingerprint density at radius 3 is 2.81 bits per heavy atom. The summed E-state index contributed by atoms with van der Waals surface area (Å²) in [6.45, 7) is 2.52. The van der Waals surface area contributed by atoms with Gasteiger partial charge in [-0.3, -0.25) is 4.98 Å². The van der Waals surface area contributed by atoms with E-state index in [1.54, 1.807) is 6.20 Å². The maximum absolute atomic E-state index is 5.62. The zero-order valence-electron chi connectivity index (χ0n) is 8.98. The molecule has 0 fully saturated rings. The van der Waals surface area contributed by atoms with Gasteiger partial charge in [-0.2, -0.15) is 0 Å². The number of hydrogen-bond donors (Lipinski definition) is 0. The summed E-state index contributed by atoms with van der Waals surface area (Å²) in [6, 6.07) is 11.9. The molecule has 0 amide bonds. The predicted octanol–water partition coefficient (Wildman–Crippen LogP) is 3.73. The van der Waals surface area contributed by atoms with Gasteiger partial charge < -0.3 is 4.74 Å². The molecule has 0 saturated heterocycles. The third-order valence-corrected chi connectivity index (χ3v) is 2.67. The lowest BCUT2D eigenvalue weighted by atomic mass is 10.2. The lowest BCUT2D eigenvalue weighted by molar-refractivity contribution is 0.305. The summed E-state index contributed by atoms with van der Waals surface area (Å²) in [6.07, 6.45) is 1.74. The average molecular weight is 278 g/mol. The highest BCUT2D eigenvalue weighted by Gasteiger charge is 1.97. The van der Waals surface area contributed by atoms with Crippen LogP contribution >= 0.6 is 15.9 Å². The minimum absolute atomic E-state index is 0.560. The number of hydrogen-bond acceptors (Lipinski definition) is 2. The van der Waals surface area contributed by atoms with Crippen molar-refractivity contribution >= 4 is 15.9 Å². The maximum atomic E-state index is 5.62. The third-order valence-electron chi connectivity index (χ3n) is 2.18. The molecule has 1 heterocycles. The molecule has 3 heteroatoms. The second-order valence-corrected chi connectivity index (χ2v) is 4.47. The van der Waals surface area contributed by atoms with Crippen LogP contribution in [0.5, 0.6) is 5.75 Å². The Morgan fingerprint density at radius 2 is 2.12 bits per heavy atom. The number of aryl methyl sites for hydroxylation is 1. The summed E-state index contributed by atoms with van der Waals surface area (Å²) in [5.74, 6) is 0.797. The highest BCUT2D eigenvalue weighted by Crippen LogP contribution is 2.15. The van der Waals surface area contributed by atoms with Gasteiger partial charge in [0.15, 0.2) is 0 Å². The summed E-state index contributed by atoms with van der Waals surface area (Å²) in [5, 5.41) is 0. The molecule has 16 heavy (non-hydrogen) atoms. The van der Waals surface area contributed by atoms with E-state index in [1.807, 2.05) is 43.3 Å². The van der Waals surface area contributed by atoms with E-state index in [-0.39, 0.29) is 0 Å². The number of benzene rings is 1. The highest BCUT2D eigenvalue weighted by atomic mass is 79.9. The van der Waals surface area contributed by atoms with Crippen LogP contribution in [0.25, 0.3) is 0 Å². The van der Waals surface area contributed by atoms with Gasteiger partial charge in [0.25, 0.3) is 0 Å². The van der Waals surface area contributed by atoms with Gasteiger partial charge in [0.1, 0.15) is 12.4 Å². The minimum Gasteiger partial charge on any atom is -0.487 e. The van der Waals surface area contributed by atoms with E-state index in [2.05, 4.69) is 20.9 Å². The quantitative estimate of drug-likeness (QED) is 0.853. The molecule has 0 atom stereocenters. The van der Waals surface area contributed by atoms with Crippen LogP contribution < -0.4 is 4.74 Å². The number of rotatable bonds is 3. The Balaban J connectivity index is 1.99. The van der Waals surface area contributed by atoms with Crippen LogP contribution in [0.4, 0.5) is 0 Å². The largest absolute Gasteiger partial charge is 0.487 e. The molecule has 0 spiro atoms. The van der Waals surface area contributed by atoms with Crippen LogP contribution in [0, 0.1) is 6.92 Å². The topological polar surface area (TPSA) is 22.1 Å². The van der Waals surface area contributed by atoms with E-state index >= 15 is 0 Å². The molecule has 2 nitrogen and oxygen atoms in total. The molecular weight excluding hydrogens is 266 g/mol. The first-order valence-corrected chi connectivity index (χ1v) is 5.83. The van der Waals surface area contributed by atoms with E-state index in [0.717, 1.165) is 21.5 Å². The van der Waals surface area contributed by atoms with Crippen molar-refractivity contribution in [2.45, 2.75) is 13.5 Å². The molecule has 1 aromatic heterocycles. The van der Waals surface area contributed by atoms with Crippen molar-refractivity contribution in [2.75, 3.05) is 0 Å². The molecule has 0 bridgehead atoms. The van der Waals surface area contributed by atoms with Gasteiger partial charge in [-0.25, -0.2) is 0 Å². The standard InChI is InChI=1S/C13H12BrNO/c1-10-5-6-13(8-15-10)16-9-11-3-2-4-12(14)7-11/h2-8H,9H2,1H3. The highest BCUT2D eigenvalue weighted by molar-refractivity contribution is 9.10. The number of nitrogens with zero attached hydrogens (tertiary/aromatic N) is 1. The molecule has 82 valence electrons. The van der Waals surface area contributed by atoms with Gasteiger partial charge in [-0.05, 0) is 36.8 Å². The van der Waals surface area contributed by atoms with Gasteiger partial charge in [0, 0.05) is 10.2 Å². The summed E-state index contributed by atoms with van der Waals surface area (Å²) < 4.78 is 6.68. The predicted molar refractivity (Wildman–Crippen MR) is 67.4 cm³/mol. The fraction of sp³-hybridized carbons (Fsp3) is 0.154. The first-order valence-electron chi connectivity index (χ1n) is 5.04. The van der Waals surface area contributed by atoms with E-state index < -0.39 is 0 Å². The van der Waals surface area contributed by atoms with Crippen molar-refractivity contribution in [3.63, 3.8) is 0 Å². The van der Waals surface area contributed by atoms with E-state index in [9.17, 15) is 0 Å². The van der Waals surface area contributed by atoms with Crippen LogP contribution in [0.3, 0.4) is 0 Å². The van der Waals surface area contributed by atoms with Crippen molar-refractivity contribution in [3.05, 3.63) is 58.3 Å². The Labute approximate surface area is 103 Å². The Morgan fingerprint density at radius 1 is 1.25 bits per heavy atom. The molecule has 0 saturated carbocycles. The van der Waals surface area contributed by atoms with Crippen LogP contribution in [0.2, 0.25) is 0 Å². The molecule has 0 radical (unpaired) electrons. The normalized spacial score (nSPS) is 10.1. The fourth-order valence-electron chi connectivity index (χ4n) is 1.33. The van der Waals surface area contributed by atoms with Gasteiger partial charge >= 0.3 is 0 Å². The average Bonchev–Trinajstić information content (AvgIpc) is 2.28. The maximum Gasteiger partial charge on any atom is 0.138 e. The molecule has 1 aromatic carbocycles. The molecule has 0 unspecified atom stereocenters. The number of aromatic nitrogens is 1. The smallest absolute Gasteiger partial charge is 0.138 e. The van der Waals surface area contributed by atoms with E-state index in [0.29, 0.717) is 6.61 Å². The van der Waals surface area contributed by atoms with Crippen LogP contribution in [-0.4, -0.2) is 4.98 Å². The van der Waals surface area contributed by atoms with Crippen molar-refractivity contribution in [3.8, 4) is 5.75 Å². The Kier molecular flexibility index (Phi) is 3.57. The zero-order valence-corrected chi connectivity index (χ0v) is 10.6. The Hall–Kier alpha value is -1.35. The molecular formula is C13H12BrNO. The van der Waals surface area contributed by atoms with Crippen LogP contribution in [-0.2, 0) is 6.61 Å². The van der Waals surface area contributed by atoms with Gasteiger partial charge in [0.05, 0.1) is 6.20 Å². The van der Waals surface area contributed by atoms with Gasteiger partial charge in [-0.1, -0.05) is 28.1 Å². The van der Waals surface area contributed by atoms with Crippen molar-refractivity contribution in [2.24, 2.45) is 0 Å². The Bertz CT molecular complexity index is 468. The van der Waals surface area contributed by atoms with Crippen molar-refractivity contribution < 1.29 is 4.74 Å². The third kappa shape index (κ3) is 3.07. The molecule has 0 N–H and O–H groups in total. The second-order valence-electron chi connectivity index (χ2n) is 3.55. The first-order chi connectivity index (χ1) is 7.74. The lowest BCUT2D eigenvalue weighted by Crippen LogP contribution is -1.95. The summed E-state index contributed by atoms with van der Waals surface area (Å²) in [4.78, 5) is 4.17. The van der Waals surface area contributed by atoms with Crippen molar-refractivity contribution in [1.82, 2.24) is 4.98 Å². The van der Waals surface area contributed by atoms with Crippen LogP contribution in [0.1, 0.15) is 11.3 Å². The monoisotopic (exact) mass is 277 g/mol. The number of pyridine rings is 1. The molecule has 0 aliphatic rings.